The van der Waals surface area contributed by atoms with Crippen molar-refractivity contribution in [2.45, 2.75) is 294 Å². The van der Waals surface area contributed by atoms with Crippen molar-refractivity contribution in [1.29, 1.82) is 0 Å². The molecule has 396 valence electrons. The molecule has 0 spiro atoms. The fourth-order valence-electron chi connectivity index (χ4n) is 8.68. The van der Waals surface area contributed by atoms with Gasteiger partial charge in [0.25, 0.3) is 0 Å². The maximum atomic E-state index is 12.9. The van der Waals surface area contributed by atoms with Crippen molar-refractivity contribution in [2.24, 2.45) is 0 Å². The molecule has 1 rings (SSSR count). The molecule has 13 heteroatoms. The highest BCUT2D eigenvalue weighted by Gasteiger charge is 2.51. The van der Waals surface area contributed by atoms with Gasteiger partial charge in [0.15, 0.2) is 0 Å². The molecule has 6 atom stereocenters. The summed E-state index contributed by atoms with van der Waals surface area (Å²) in [4.78, 5) is 23.3. The molecule has 1 aliphatic carbocycles. The minimum Gasteiger partial charge on any atom is -0.457 e. The zero-order chi connectivity index (χ0) is 49.1. The van der Waals surface area contributed by atoms with E-state index in [0.29, 0.717) is 13.0 Å². The summed E-state index contributed by atoms with van der Waals surface area (Å²) < 4.78 is 34.4. The van der Waals surface area contributed by atoms with Crippen molar-refractivity contribution in [2.75, 3.05) is 19.8 Å². The van der Waals surface area contributed by atoms with Gasteiger partial charge in [-0.3, -0.25) is 13.8 Å². The zero-order valence-corrected chi connectivity index (χ0v) is 43.6. The van der Waals surface area contributed by atoms with Crippen LogP contribution in [0.5, 0.6) is 0 Å². The highest BCUT2D eigenvalue weighted by molar-refractivity contribution is 7.47. The number of hydrogen-bond acceptors (Lipinski definition) is 11. The summed E-state index contributed by atoms with van der Waals surface area (Å²) in [5, 5.41) is 50.4. The van der Waals surface area contributed by atoms with Gasteiger partial charge in [-0.15, -0.1) is 0 Å². The Hall–Kier alpha value is -1.18. The second kappa shape index (κ2) is 44.7. The minimum atomic E-state index is -5.02. The number of phosphoric acid groups is 1. The Labute approximate surface area is 409 Å². The molecule has 1 aliphatic rings. The highest BCUT2D eigenvalue weighted by Crippen LogP contribution is 2.47. The third kappa shape index (κ3) is 36.4. The SMILES string of the molecule is CCCCC/C=C\C/C=C\CCCCCCCCCC(=O)OC(COCCCCCCCCCCCCCCCCCCCCCCCCC)COP(=O)(O)OC1C(O)C(O)C(O)C(O)C1O. The summed E-state index contributed by atoms with van der Waals surface area (Å²) >= 11 is 0. The Kier molecular flexibility index (Phi) is 42.6. The van der Waals surface area contributed by atoms with Crippen LogP contribution in [0.2, 0.25) is 0 Å². The summed E-state index contributed by atoms with van der Waals surface area (Å²) in [5.41, 5.74) is 0. The van der Waals surface area contributed by atoms with Gasteiger partial charge >= 0.3 is 13.8 Å². The molecule has 0 heterocycles. The van der Waals surface area contributed by atoms with E-state index in [4.69, 9.17) is 18.5 Å². The van der Waals surface area contributed by atoms with Gasteiger partial charge in [-0.2, -0.15) is 0 Å². The van der Waals surface area contributed by atoms with Gasteiger partial charge in [-0.25, -0.2) is 4.57 Å². The standard InChI is InChI=1S/C54H103O12P/c1-3-5-7-9-11-13-15-17-19-21-22-23-24-25-26-28-30-32-34-36-38-40-42-44-63-45-47(46-64-67(61,62)66-54-52(59)50(57)49(56)51(58)53(54)60)65-48(55)43-41-39-37-35-33-31-29-27-20-18-16-14-12-10-8-6-4-2/h12,14,18,20,47,49-54,56-60H,3-11,13,15-17,19,21-46H2,1-2H3,(H,61,62)/b14-12-,20-18-. The van der Waals surface area contributed by atoms with Gasteiger partial charge < -0.3 is 39.9 Å². The van der Waals surface area contributed by atoms with E-state index in [-0.39, 0.29) is 13.0 Å². The van der Waals surface area contributed by atoms with Crippen molar-refractivity contribution in [3.05, 3.63) is 24.3 Å². The number of phosphoric ester groups is 1. The normalized spacial score (nSPS) is 21.4. The van der Waals surface area contributed by atoms with Gasteiger partial charge in [-0.1, -0.05) is 224 Å². The molecule has 0 aromatic heterocycles. The summed E-state index contributed by atoms with van der Waals surface area (Å²) in [5.74, 6) is -0.480. The van der Waals surface area contributed by atoms with Crippen molar-refractivity contribution in [3.8, 4) is 0 Å². The van der Waals surface area contributed by atoms with Gasteiger partial charge in [0, 0.05) is 13.0 Å². The number of esters is 1. The lowest BCUT2D eigenvalue weighted by Crippen LogP contribution is -2.64. The van der Waals surface area contributed by atoms with Crippen molar-refractivity contribution >= 4 is 13.8 Å². The molecular weight excluding hydrogens is 872 g/mol. The molecule has 67 heavy (non-hydrogen) atoms. The molecule has 0 aromatic carbocycles. The Morgan fingerprint density at radius 3 is 1.28 bits per heavy atom. The molecule has 6 N–H and O–H groups in total. The molecule has 0 radical (unpaired) electrons. The number of carbonyl (C=O) groups excluding carboxylic acids is 1. The summed E-state index contributed by atoms with van der Waals surface area (Å²) in [6, 6.07) is 0. The number of unbranched alkanes of at least 4 members (excludes halogenated alkanes) is 32. The van der Waals surface area contributed by atoms with Crippen molar-refractivity contribution in [1.82, 2.24) is 0 Å². The van der Waals surface area contributed by atoms with E-state index in [2.05, 4.69) is 38.2 Å². The van der Waals surface area contributed by atoms with Crippen molar-refractivity contribution in [3.63, 3.8) is 0 Å². The van der Waals surface area contributed by atoms with Crippen LogP contribution in [0.1, 0.15) is 251 Å². The van der Waals surface area contributed by atoms with Crippen LogP contribution >= 0.6 is 7.82 Å². The van der Waals surface area contributed by atoms with Crippen LogP contribution in [0.15, 0.2) is 24.3 Å². The zero-order valence-electron chi connectivity index (χ0n) is 42.7. The first-order valence-electron chi connectivity index (χ1n) is 27.7. The molecule has 1 fully saturated rings. The first kappa shape index (κ1) is 63.8. The predicted octanol–water partition coefficient (Wildman–Crippen LogP) is 12.8. The minimum absolute atomic E-state index is 0.0751. The Morgan fingerprint density at radius 2 is 0.836 bits per heavy atom. The summed E-state index contributed by atoms with van der Waals surface area (Å²) in [6.07, 6.45) is 41.1. The quantitative estimate of drug-likeness (QED) is 0.0147. The van der Waals surface area contributed by atoms with Crippen LogP contribution in [0.25, 0.3) is 0 Å². The van der Waals surface area contributed by atoms with Crippen LogP contribution < -0.4 is 0 Å². The number of hydrogen-bond donors (Lipinski definition) is 6. The highest BCUT2D eigenvalue weighted by atomic mass is 31.2. The first-order valence-corrected chi connectivity index (χ1v) is 29.2. The lowest BCUT2D eigenvalue weighted by molar-refractivity contribution is -0.220. The third-order valence-corrected chi connectivity index (χ3v) is 14.1. The maximum Gasteiger partial charge on any atom is 0.472 e. The van der Waals surface area contributed by atoms with E-state index < -0.39 is 63.1 Å². The van der Waals surface area contributed by atoms with Gasteiger partial charge in [-0.05, 0) is 44.9 Å². The van der Waals surface area contributed by atoms with E-state index in [0.717, 1.165) is 57.8 Å². The summed E-state index contributed by atoms with van der Waals surface area (Å²) in [7, 11) is -5.02. The molecule has 12 nitrogen and oxygen atoms in total. The number of allylic oxidation sites excluding steroid dienone is 4. The molecule has 0 saturated heterocycles. The molecule has 0 aromatic rings. The average molecular weight is 975 g/mol. The monoisotopic (exact) mass is 975 g/mol. The van der Waals surface area contributed by atoms with Crippen molar-refractivity contribution < 1.29 is 58.3 Å². The second-order valence-electron chi connectivity index (χ2n) is 19.4. The first-order chi connectivity index (χ1) is 32.5. The van der Waals surface area contributed by atoms with E-state index in [1.165, 1.54) is 167 Å². The Balaban J connectivity index is 2.28. The number of rotatable bonds is 48. The van der Waals surface area contributed by atoms with Crippen LogP contribution in [-0.4, -0.2) is 98.9 Å². The predicted molar refractivity (Wildman–Crippen MR) is 272 cm³/mol. The van der Waals surface area contributed by atoms with E-state index in [1.54, 1.807) is 0 Å². The number of ether oxygens (including phenoxy) is 2. The molecule has 0 bridgehead atoms. The van der Waals surface area contributed by atoms with Gasteiger partial charge in [0.1, 0.15) is 42.7 Å². The largest absolute Gasteiger partial charge is 0.472 e. The third-order valence-electron chi connectivity index (χ3n) is 13.1. The molecule has 0 amide bonds. The molecule has 6 unspecified atom stereocenters. The van der Waals surface area contributed by atoms with Crippen LogP contribution in [0.3, 0.4) is 0 Å². The van der Waals surface area contributed by atoms with E-state index in [1.807, 2.05) is 0 Å². The lowest BCUT2D eigenvalue weighted by atomic mass is 9.85. The molecule has 0 aliphatic heterocycles. The lowest BCUT2D eigenvalue weighted by Gasteiger charge is -2.41. The average Bonchev–Trinajstić information content (AvgIpc) is 3.31. The smallest absolute Gasteiger partial charge is 0.457 e. The van der Waals surface area contributed by atoms with Gasteiger partial charge in [0.05, 0.1) is 13.2 Å². The number of carbonyl (C=O) groups is 1. The number of aliphatic hydroxyl groups is 5. The Bertz CT molecular complexity index is 1200. The Morgan fingerprint density at radius 1 is 0.478 bits per heavy atom. The maximum absolute atomic E-state index is 12.9. The number of aliphatic hydroxyl groups excluding tert-OH is 5. The molecular formula is C54H103O12P. The second-order valence-corrected chi connectivity index (χ2v) is 20.8. The van der Waals surface area contributed by atoms with Gasteiger partial charge in [0.2, 0.25) is 0 Å². The van der Waals surface area contributed by atoms with Crippen LogP contribution in [-0.2, 0) is 27.9 Å². The fraction of sp³-hybridized carbons (Fsp3) is 0.907. The van der Waals surface area contributed by atoms with E-state index in [9.17, 15) is 39.8 Å². The van der Waals surface area contributed by atoms with Crippen LogP contribution in [0, 0.1) is 0 Å². The van der Waals surface area contributed by atoms with Crippen LogP contribution in [0.4, 0.5) is 0 Å². The molecule has 1 saturated carbocycles. The van der Waals surface area contributed by atoms with E-state index >= 15 is 0 Å². The summed E-state index contributed by atoms with van der Waals surface area (Å²) in [6.45, 7) is 4.28. The topological polar surface area (TPSA) is 192 Å². The fourth-order valence-corrected chi connectivity index (χ4v) is 9.66.